The second-order valence-electron chi connectivity index (χ2n) is 9.82. The Hall–Kier alpha value is -4.26. The van der Waals surface area contributed by atoms with Crippen LogP contribution in [-0.4, -0.2) is 50.5 Å². The van der Waals surface area contributed by atoms with E-state index in [1.54, 1.807) is 47.4 Å². The van der Waals surface area contributed by atoms with E-state index in [-0.39, 0.29) is 17.3 Å². The number of methoxy groups -OCH3 is 1. The minimum Gasteiger partial charge on any atom is -0.453 e. The highest BCUT2D eigenvalue weighted by molar-refractivity contribution is 7.92. The molecule has 43 heavy (non-hydrogen) atoms. The van der Waals surface area contributed by atoms with Gasteiger partial charge in [0.05, 0.1) is 34.5 Å². The van der Waals surface area contributed by atoms with E-state index in [0.717, 1.165) is 31.2 Å². The van der Waals surface area contributed by atoms with E-state index in [4.69, 9.17) is 9.72 Å². The first-order valence-corrected chi connectivity index (χ1v) is 16.7. The molecule has 6 rings (SSSR count). The van der Waals surface area contributed by atoms with Gasteiger partial charge in [-0.1, -0.05) is 30.3 Å². The van der Waals surface area contributed by atoms with Gasteiger partial charge in [-0.05, 0) is 67.4 Å². The van der Waals surface area contributed by atoms with Crippen molar-refractivity contribution in [1.82, 2.24) is 9.88 Å². The Morgan fingerprint density at radius 3 is 2.42 bits per heavy atom. The maximum Gasteiger partial charge on any atom is 0.409 e. The second-order valence-corrected chi connectivity index (χ2v) is 13.8. The summed E-state index contributed by atoms with van der Waals surface area (Å²) < 4.78 is 34.1. The molecule has 9 nitrogen and oxygen atoms in total. The number of fused-ring (bicyclic) bond motifs is 2. The number of nitrogens with zero attached hydrogens (tertiary/aromatic N) is 3. The fourth-order valence-electron chi connectivity index (χ4n) is 5.15. The average molecular weight is 633 g/mol. The molecule has 2 amide bonds. The zero-order valence-electron chi connectivity index (χ0n) is 23.4. The Balaban J connectivity index is 1.31. The minimum atomic E-state index is -3.82. The van der Waals surface area contributed by atoms with Crippen LogP contribution in [0, 0.1) is 0 Å². The SMILES string of the molecule is CCN(c1ccccc1)S(=O)(=O)c1ccc(C(=O)Nc2sc3c(c2-c2nc4ccccc4s2)CCN(C(=O)OC)C3)cc1. The number of hydrogen-bond donors (Lipinski definition) is 1. The third-order valence-corrected chi connectivity index (χ3v) is 11.4. The Bertz CT molecular complexity index is 1890. The first-order valence-electron chi connectivity index (χ1n) is 13.6. The third-order valence-electron chi connectivity index (χ3n) is 7.26. The van der Waals surface area contributed by atoms with Crippen molar-refractivity contribution in [2.75, 3.05) is 29.8 Å². The molecular weight excluding hydrogens is 605 g/mol. The predicted octanol–water partition coefficient (Wildman–Crippen LogP) is 6.62. The van der Waals surface area contributed by atoms with Crippen LogP contribution >= 0.6 is 22.7 Å². The summed E-state index contributed by atoms with van der Waals surface area (Å²) >= 11 is 2.97. The first kappa shape index (κ1) is 28.8. The number of ether oxygens (including phenoxy) is 1. The van der Waals surface area contributed by atoms with Gasteiger partial charge in [0.15, 0.2) is 0 Å². The molecule has 0 radical (unpaired) electrons. The monoisotopic (exact) mass is 632 g/mol. The van der Waals surface area contributed by atoms with Crippen LogP contribution in [0.5, 0.6) is 0 Å². The number of benzene rings is 3. The molecule has 3 aromatic carbocycles. The molecule has 0 saturated carbocycles. The maximum absolute atomic E-state index is 13.5. The molecule has 2 aromatic heterocycles. The van der Waals surface area contributed by atoms with Crippen LogP contribution in [0.3, 0.4) is 0 Å². The molecular formula is C31H28N4O5S3. The number of sulfonamides is 1. The summed E-state index contributed by atoms with van der Waals surface area (Å²) in [6.45, 7) is 2.91. The highest BCUT2D eigenvalue weighted by Crippen LogP contribution is 2.46. The lowest BCUT2D eigenvalue weighted by molar-refractivity contribution is 0.102. The van der Waals surface area contributed by atoms with Gasteiger partial charge in [0.1, 0.15) is 10.0 Å². The van der Waals surface area contributed by atoms with Crippen molar-refractivity contribution in [1.29, 1.82) is 0 Å². The summed E-state index contributed by atoms with van der Waals surface area (Å²) in [6, 6.07) is 22.7. The lowest BCUT2D eigenvalue weighted by Gasteiger charge is -2.25. The number of thiazole rings is 1. The number of hydrogen-bond acceptors (Lipinski definition) is 8. The summed E-state index contributed by atoms with van der Waals surface area (Å²) in [5.41, 5.74) is 3.68. The quantitative estimate of drug-likeness (QED) is 0.216. The van der Waals surface area contributed by atoms with E-state index in [0.29, 0.717) is 35.8 Å². The standard InChI is InChI=1S/C31H28N4O5S3/c1-3-35(21-9-5-4-6-10-21)43(38,39)22-15-13-20(14-16-22)28(36)33-30-27(29-32-24-11-7-8-12-25(24)41-29)23-17-18-34(31(37)40-2)19-26(23)42-30/h4-16H,3,17-19H2,1-2H3,(H,33,36). The third kappa shape index (κ3) is 5.49. The number of carbonyl (C=O) groups excluding carboxylic acids is 2. The van der Waals surface area contributed by atoms with Crippen molar-refractivity contribution in [3.8, 4) is 10.6 Å². The fourth-order valence-corrected chi connectivity index (χ4v) is 8.99. The lowest BCUT2D eigenvalue weighted by atomic mass is 10.0. The zero-order valence-corrected chi connectivity index (χ0v) is 25.9. The second kappa shape index (κ2) is 11.8. The van der Waals surface area contributed by atoms with E-state index in [9.17, 15) is 18.0 Å². The van der Waals surface area contributed by atoms with Crippen LogP contribution in [0.1, 0.15) is 27.7 Å². The van der Waals surface area contributed by atoms with Crippen LogP contribution in [-0.2, 0) is 27.7 Å². The zero-order chi connectivity index (χ0) is 30.1. The number of carbonyl (C=O) groups is 2. The molecule has 0 fully saturated rings. The molecule has 5 aromatic rings. The van der Waals surface area contributed by atoms with E-state index in [1.807, 2.05) is 30.3 Å². The van der Waals surface area contributed by atoms with Crippen molar-refractivity contribution in [3.63, 3.8) is 0 Å². The normalized spacial score (nSPS) is 13.0. The predicted molar refractivity (Wildman–Crippen MR) is 170 cm³/mol. The molecule has 12 heteroatoms. The van der Waals surface area contributed by atoms with Crippen molar-refractivity contribution >= 4 is 65.6 Å². The summed E-state index contributed by atoms with van der Waals surface area (Å²) in [7, 11) is -2.46. The highest BCUT2D eigenvalue weighted by atomic mass is 32.2. The first-order chi connectivity index (χ1) is 20.8. The Labute approximate surface area is 257 Å². The fraction of sp³-hybridized carbons (Fsp3) is 0.194. The average Bonchev–Trinajstić information content (AvgIpc) is 3.61. The molecule has 0 saturated heterocycles. The van der Waals surface area contributed by atoms with Crippen LogP contribution in [0.25, 0.3) is 20.8 Å². The summed E-state index contributed by atoms with van der Waals surface area (Å²) in [4.78, 5) is 33.3. The van der Waals surface area contributed by atoms with Gasteiger partial charge in [-0.2, -0.15) is 0 Å². The van der Waals surface area contributed by atoms with Crippen molar-refractivity contribution < 1.29 is 22.7 Å². The summed E-state index contributed by atoms with van der Waals surface area (Å²) in [5.74, 6) is -0.370. The van der Waals surface area contributed by atoms with E-state index >= 15 is 0 Å². The van der Waals surface area contributed by atoms with Gasteiger partial charge in [0.25, 0.3) is 15.9 Å². The van der Waals surface area contributed by atoms with Crippen molar-refractivity contribution in [2.45, 2.75) is 24.8 Å². The summed E-state index contributed by atoms with van der Waals surface area (Å²) in [6.07, 6.45) is 0.208. The van der Waals surface area contributed by atoms with Gasteiger partial charge < -0.3 is 15.0 Å². The van der Waals surface area contributed by atoms with Gasteiger partial charge in [-0.15, -0.1) is 22.7 Å². The van der Waals surface area contributed by atoms with Crippen molar-refractivity contribution in [3.05, 3.63) is 94.9 Å². The number of rotatable bonds is 7. The van der Waals surface area contributed by atoms with E-state index in [2.05, 4.69) is 5.32 Å². The lowest BCUT2D eigenvalue weighted by Crippen LogP contribution is -2.35. The van der Waals surface area contributed by atoms with E-state index < -0.39 is 16.1 Å². The summed E-state index contributed by atoms with van der Waals surface area (Å²) in [5, 5.41) is 4.49. The van der Waals surface area contributed by atoms with Crippen LogP contribution < -0.4 is 9.62 Å². The largest absolute Gasteiger partial charge is 0.453 e. The van der Waals surface area contributed by atoms with Gasteiger partial charge in [0.2, 0.25) is 0 Å². The van der Waals surface area contributed by atoms with Gasteiger partial charge in [-0.3, -0.25) is 9.10 Å². The Morgan fingerprint density at radius 1 is 1.00 bits per heavy atom. The van der Waals surface area contributed by atoms with Crippen LogP contribution in [0.2, 0.25) is 0 Å². The highest BCUT2D eigenvalue weighted by Gasteiger charge is 2.30. The Kier molecular flexibility index (Phi) is 7.91. The van der Waals surface area contributed by atoms with Gasteiger partial charge >= 0.3 is 6.09 Å². The molecule has 3 heterocycles. The molecule has 220 valence electrons. The number of thiophene rings is 1. The van der Waals surface area contributed by atoms with Gasteiger partial charge in [-0.25, -0.2) is 18.2 Å². The Morgan fingerprint density at radius 2 is 1.72 bits per heavy atom. The molecule has 0 atom stereocenters. The number of anilines is 2. The molecule has 0 bridgehead atoms. The molecule has 1 aliphatic rings. The topological polar surface area (TPSA) is 109 Å². The molecule has 1 N–H and O–H groups in total. The smallest absolute Gasteiger partial charge is 0.409 e. The number of nitrogens with one attached hydrogen (secondary N) is 1. The molecule has 0 unspecified atom stereocenters. The number of aromatic nitrogens is 1. The van der Waals surface area contributed by atoms with Crippen LogP contribution in [0.15, 0.2) is 83.8 Å². The molecule has 0 spiro atoms. The number of amides is 2. The molecule has 0 aliphatic carbocycles. The maximum atomic E-state index is 13.5. The van der Waals surface area contributed by atoms with Gasteiger partial charge in [0, 0.05) is 29.1 Å². The van der Waals surface area contributed by atoms with Crippen molar-refractivity contribution in [2.24, 2.45) is 0 Å². The molecule has 1 aliphatic heterocycles. The van der Waals surface area contributed by atoms with E-state index in [1.165, 1.54) is 47.0 Å². The number of para-hydroxylation sites is 2. The van der Waals surface area contributed by atoms with Crippen LogP contribution in [0.4, 0.5) is 15.5 Å². The minimum absolute atomic E-state index is 0.0967.